The van der Waals surface area contributed by atoms with Crippen molar-refractivity contribution < 1.29 is 9.47 Å². The fraction of sp³-hybridized carbons (Fsp3) is 0.789. The molecule has 5 heteroatoms. The lowest BCUT2D eigenvalue weighted by Crippen LogP contribution is -2.43. The topological polar surface area (TPSA) is 24.9 Å². The highest BCUT2D eigenvalue weighted by molar-refractivity contribution is 7.09. The minimum absolute atomic E-state index is 0.346. The van der Waals surface area contributed by atoms with E-state index >= 15 is 0 Å². The zero-order valence-electron chi connectivity index (χ0n) is 14.6. The van der Waals surface area contributed by atoms with Crippen LogP contribution in [-0.4, -0.2) is 69.0 Å². The van der Waals surface area contributed by atoms with Crippen molar-refractivity contribution in [3.05, 3.63) is 22.4 Å². The zero-order chi connectivity index (χ0) is 16.2. The van der Waals surface area contributed by atoms with Gasteiger partial charge in [0.15, 0.2) is 0 Å². The Kier molecular flexibility index (Phi) is 5.54. The van der Waals surface area contributed by atoms with Crippen molar-refractivity contribution in [2.75, 3.05) is 59.2 Å². The van der Waals surface area contributed by atoms with Gasteiger partial charge >= 0.3 is 0 Å². The van der Waals surface area contributed by atoms with Crippen LogP contribution in [0.3, 0.4) is 0 Å². The molecule has 1 aromatic rings. The minimum atomic E-state index is 0.346. The summed E-state index contributed by atoms with van der Waals surface area (Å²) < 4.78 is 11.6. The third-order valence-electron chi connectivity index (χ3n) is 5.85. The summed E-state index contributed by atoms with van der Waals surface area (Å²) in [5.74, 6) is 0.817. The summed E-state index contributed by atoms with van der Waals surface area (Å²) in [4.78, 5) is 6.81. The largest absolute Gasteiger partial charge is 0.381 e. The third kappa shape index (κ3) is 4.20. The van der Waals surface area contributed by atoms with Crippen LogP contribution in [0.4, 0.5) is 0 Å². The van der Waals surface area contributed by atoms with E-state index in [1.807, 2.05) is 11.3 Å². The van der Waals surface area contributed by atoms with E-state index in [1.54, 1.807) is 0 Å². The predicted molar refractivity (Wildman–Crippen MR) is 97.4 cm³/mol. The van der Waals surface area contributed by atoms with Crippen LogP contribution < -0.4 is 0 Å². The Bertz CT molecular complexity index is 503. The summed E-state index contributed by atoms with van der Waals surface area (Å²) in [6.07, 6.45) is 3.74. The Morgan fingerprint density at radius 3 is 2.79 bits per heavy atom. The molecule has 24 heavy (non-hydrogen) atoms. The van der Waals surface area contributed by atoms with E-state index in [9.17, 15) is 0 Å². The molecule has 0 N–H and O–H groups in total. The molecule has 0 aliphatic carbocycles. The maximum Gasteiger partial charge on any atom is 0.0593 e. The van der Waals surface area contributed by atoms with Crippen molar-refractivity contribution in [2.45, 2.75) is 25.8 Å². The second-order valence-corrected chi connectivity index (χ2v) is 8.92. The first-order chi connectivity index (χ1) is 11.8. The van der Waals surface area contributed by atoms with Gasteiger partial charge in [-0.1, -0.05) is 6.07 Å². The Hall–Kier alpha value is -0.460. The summed E-state index contributed by atoms with van der Waals surface area (Å²) >= 11 is 1.88. The molecule has 1 aromatic heterocycles. The molecule has 0 aromatic carbocycles. The molecule has 1 spiro atoms. The summed E-state index contributed by atoms with van der Waals surface area (Å²) in [6, 6.07) is 4.42. The van der Waals surface area contributed by atoms with Gasteiger partial charge < -0.3 is 14.4 Å². The van der Waals surface area contributed by atoms with Gasteiger partial charge in [0.2, 0.25) is 0 Å². The monoisotopic (exact) mass is 350 g/mol. The molecule has 0 saturated carbocycles. The van der Waals surface area contributed by atoms with E-state index in [0.717, 1.165) is 45.4 Å². The van der Waals surface area contributed by atoms with Gasteiger partial charge in [0.25, 0.3) is 0 Å². The van der Waals surface area contributed by atoms with E-state index in [2.05, 4.69) is 27.3 Å². The van der Waals surface area contributed by atoms with Crippen molar-refractivity contribution in [1.29, 1.82) is 0 Å². The van der Waals surface area contributed by atoms with Crippen LogP contribution in [0.2, 0.25) is 0 Å². The molecular formula is C19H30N2O2S. The number of thiophene rings is 1. The van der Waals surface area contributed by atoms with Crippen LogP contribution in [0.5, 0.6) is 0 Å². The van der Waals surface area contributed by atoms with Gasteiger partial charge in [-0.2, -0.15) is 0 Å². The number of likely N-dealkylation sites (tertiary alicyclic amines) is 1. The van der Waals surface area contributed by atoms with Gasteiger partial charge in [0.1, 0.15) is 0 Å². The standard InChI is InChI=1S/C19H30N2O2S/c1-2-18(24-11-1)13-20-6-5-19(14-20)15-21(7-10-23-16-19)12-17-3-8-22-9-4-17/h1-2,11,17H,3-10,12-16H2/t19-/m1/s1. The van der Waals surface area contributed by atoms with E-state index < -0.39 is 0 Å². The van der Waals surface area contributed by atoms with Crippen LogP contribution in [-0.2, 0) is 16.0 Å². The number of nitrogens with zero attached hydrogens (tertiary/aromatic N) is 2. The van der Waals surface area contributed by atoms with E-state index in [0.29, 0.717) is 5.41 Å². The van der Waals surface area contributed by atoms with Crippen LogP contribution in [0.25, 0.3) is 0 Å². The van der Waals surface area contributed by atoms with Crippen molar-refractivity contribution in [1.82, 2.24) is 9.80 Å². The SMILES string of the molecule is c1csc(CN2CC[C@@]3(COCCN(CC4CCOCC4)C3)C2)c1. The van der Waals surface area contributed by atoms with Gasteiger partial charge in [-0.3, -0.25) is 4.90 Å². The Morgan fingerprint density at radius 1 is 1.08 bits per heavy atom. The Morgan fingerprint density at radius 2 is 1.96 bits per heavy atom. The molecule has 4 heterocycles. The van der Waals surface area contributed by atoms with Gasteiger partial charge in [0, 0.05) is 56.2 Å². The quantitative estimate of drug-likeness (QED) is 0.834. The lowest BCUT2D eigenvalue weighted by atomic mass is 9.87. The molecule has 3 fully saturated rings. The highest BCUT2D eigenvalue weighted by atomic mass is 32.1. The maximum atomic E-state index is 6.04. The first-order valence-corrected chi connectivity index (χ1v) is 10.3. The number of rotatable bonds is 4. The molecule has 4 nitrogen and oxygen atoms in total. The highest BCUT2D eigenvalue weighted by Gasteiger charge is 2.41. The molecule has 0 unspecified atom stereocenters. The highest BCUT2D eigenvalue weighted by Crippen LogP contribution is 2.35. The van der Waals surface area contributed by atoms with Crippen LogP contribution >= 0.6 is 11.3 Å². The van der Waals surface area contributed by atoms with Gasteiger partial charge in [-0.25, -0.2) is 0 Å². The fourth-order valence-electron chi connectivity index (χ4n) is 4.56. The van der Waals surface area contributed by atoms with Crippen LogP contribution in [0.1, 0.15) is 24.1 Å². The summed E-state index contributed by atoms with van der Waals surface area (Å²) in [6.45, 7) is 10.8. The molecule has 0 radical (unpaired) electrons. The molecular weight excluding hydrogens is 320 g/mol. The predicted octanol–water partition coefficient (Wildman–Crippen LogP) is 2.70. The number of hydrogen-bond acceptors (Lipinski definition) is 5. The number of hydrogen-bond donors (Lipinski definition) is 0. The lowest BCUT2D eigenvalue weighted by molar-refractivity contribution is 0.0468. The zero-order valence-corrected chi connectivity index (χ0v) is 15.4. The van der Waals surface area contributed by atoms with E-state index in [1.165, 1.54) is 50.3 Å². The van der Waals surface area contributed by atoms with Crippen molar-refractivity contribution in [3.63, 3.8) is 0 Å². The molecule has 3 aliphatic heterocycles. The Labute approximate surface area is 149 Å². The number of ether oxygens (including phenoxy) is 2. The van der Waals surface area contributed by atoms with Gasteiger partial charge in [-0.15, -0.1) is 11.3 Å². The summed E-state index contributed by atoms with van der Waals surface area (Å²) in [5, 5.41) is 2.19. The summed E-state index contributed by atoms with van der Waals surface area (Å²) in [5.41, 5.74) is 0.346. The van der Waals surface area contributed by atoms with Crippen LogP contribution in [0.15, 0.2) is 17.5 Å². The average Bonchev–Trinajstić information content (AvgIpc) is 3.19. The second kappa shape index (κ2) is 7.83. The lowest BCUT2D eigenvalue weighted by Gasteiger charge is -2.34. The van der Waals surface area contributed by atoms with Crippen molar-refractivity contribution in [2.24, 2.45) is 11.3 Å². The second-order valence-electron chi connectivity index (χ2n) is 7.88. The molecule has 3 aliphatic rings. The Balaban J connectivity index is 1.35. The average molecular weight is 351 g/mol. The smallest absolute Gasteiger partial charge is 0.0593 e. The molecule has 0 bridgehead atoms. The molecule has 1 atom stereocenters. The molecule has 134 valence electrons. The molecule has 0 amide bonds. The normalized spacial score (nSPS) is 30.8. The molecule has 3 saturated heterocycles. The van der Waals surface area contributed by atoms with Crippen molar-refractivity contribution >= 4 is 11.3 Å². The van der Waals surface area contributed by atoms with Gasteiger partial charge in [-0.05, 0) is 43.2 Å². The summed E-state index contributed by atoms with van der Waals surface area (Å²) in [7, 11) is 0. The third-order valence-corrected chi connectivity index (χ3v) is 6.71. The fourth-order valence-corrected chi connectivity index (χ4v) is 5.31. The maximum absolute atomic E-state index is 6.04. The van der Waals surface area contributed by atoms with E-state index in [4.69, 9.17) is 9.47 Å². The minimum Gasteiger partial charge on any atom is -0.381 e. The van der Waals surface area contributed by atoms with E-state index in [-0.39, 0.29) is 0 Å². The first-order valence-electron chi connectivity index (χ1n) is 9.44. The molecule has 4 rings (SSSR count). The first kappa shape index (κ1) is 17.0. The van der Waals surface area contributed by atoms with Crippen molar-refractivity contribution in [3.8, 4) is 0 Å². The van der Waals surface area contributed by atoms with Gasteiger partial charge in [0.05, 0.1) is 13.2 Å². The van der Waals surface area contributed by atoms with Crippen LogP contribution in [0, 0.1) is 11.3 Å².